The summed E-state index contributed by atoms with van der Waals surface area (Å²) in [7, 11) is 0. The highest BCUT2D eigenvalue weighted by Gasteiger charge is 2.15. The average molecular weight is 256 g/mol. The molecule has 0 radical (unpaired) electrons. The first-order valence-corrected chi connectivity index (χ1v) is 6.14. The van der Waals surface area contributed by atoms with E-state index in [-0.39, 0.29) is 0 Å². The molecule has 0 aliphatic rings. The molecule has 0 aliphatic heterocycles. The Morgan fingerprint density at radius 2 is 1.79 bits per heavy atom. The summed E-state index contributed by atoms with van der Waals surface area (Å²) >= 11 is 0. The molecule has 0 heterocycles. The first kappa shape index (κ1) is 13.1. The van der Waals surface area contributed by atoms with E-state index in [1.807, 2.05) is 49.4 Å². The monoisotopic (exact) mass is 256 g/mol. The third-order valence-corrected chi connectivity index (χ3v) is 3.02. The van der Waals surface area contributed by atoms with Crippen LogP contribution in [0.25, 0.3) is 11.1 Å². The molecule has 2 rings (SSSR count). The van der Waals surface area contributed by atoms with Crippen LogP contribution in [0.5, 0.6) is 5.75 Å². The molecule has 0 bridgehead atoms. The molecule has 0 fully saturated rings. The minimum Gasteiger partial charge on any atom is -0.479 e. The summed E-state index contributed by atoms with van der Waals surface area (Å²) in [6.07, 6.45) is -0.857. The van der Waals surface area contributed by atoms with E-state index >= 15 is 0 Å². The van der Waals surface area contributed by atoms with E-state index in [0.29, 0.717) is 5.75 Å². The van der Waals surface area contributed by atoms with Crippen molar-refractivity contribution in [2.75, 3.05) is 0 Å². The first-order valence-electron chi connectivity index (χ1n) is 6.14. The lowest BCUT2D eigenvalue weighted by atomic mass is 10.00. The zero-order valence-corrected chi connectivity index (χ0v) is 11.0. The van der Waals surface area contributed by atoms with Gasteiger partial charge in [0.1, 0.15) is 5.75 Å². The van der Waals surface area contributed by atoms with Crippen LogP contribution in [-0.4, -0.2) is 17.2 Å². The lowest BCUT2D eigenvalue weighted by molar-refractivity contribution is -0.144. The van der Waals surface area contributed by atoms with Gasteiger partial charge in [-0.2, -0.15) is 0 Å². The highest BCUT2D eigenvalue weighted by molar-refractivity contribution is 5.73. The number of carbonyl (C=O) groups is 1. The Labute approximate surface area is 112 Å². The van der Waals surface area contributed by atoms with Crippen molar-refractivity contribution >= 4 is 5.97 Å². The van der Waals surface area contributed by atoms with Crippen molar-refractivity contribution in [1.29, 1.82) is 0 Å². The van der Waals surface area contributed by atoms with Gasteiger partial charge in [-0.25, -0.2) is 4.79 Å². The summed E-state index contributed by atoms with van der Waals surface area (Å²) in [4.78, 5) is 10.8. The molecule has 1 atom stereocenters. The van der Waals surface area contributed by atoms with E-state index in [9.17, 15) is 4.79 Å². The number of carboxylic acids is 1. The van der Waals surface area contributed by atoms with Crippen LogP contribution in [0.1, 0.15) is 12.5 Å². The van der Waals surface area contributed by atoms with Gasteiger partial charge in [-0.15, -0.1) is 0 Å². The van der Waals surface area contributed by atoms with Crippen LogP contribution >= 0.6 is 0 Å². The molecule has 0 spiro atoms. The highest BCUT2D eigenvalue weighted by Crippen LogP contribution is 2.30. The minimum absolute atomic E-state index is 0.608. The molecule has 2 aromatic carbocycles. The molecule has 98 valence electrons. The van der Waals surface area contributed by atoms with Crippen molar-refractivity contribution in [3.63, 3.8) is 0 Å². The fourth-order valence-corrected chi connectivity index (χ4v) is 1.91. The molecule has 2 aromatic rings. The quantitative estimate of drug-likeness (QED) is 0.910. The van der Waals surface area contributed by atoms with Crippen LogP contribution in [0.3, 0.4) is 0 Å². The predicted molar refractivity (Wildman–Crippen MR) is 74.3 cm³/mol. The zero-order valence-electron chi connectivity index (χ0n) is 11.0. The van der Waals surface area contributed by atoms with E-state index in [0.717, 1.165) is 16.7 Å². The van der Waals surface area contributed by atoms with Gasteiger partial charge in [0.25, 0.3) is 0 Å². The molecule has 0 aliphatic carbocycles. The van der Waals surface area contributed by atoms with Crippen LogP contribution in [0, 0.1) is 6.92 Å². The number of benzene rings is 2. The van der Waals surface area contributed by atoms with Gasteiger partial charge < -0.3 is 9.84 Å². The molecule has 3 heteroatoms. The second-order valence-electron chi connectivity index (χ2n) is 4.39. The van der Waals surface area contributed by atoms with Crippen LogP contribution < -0.4 is 4.74 Å². The third kappa shape index (κ3) is 2.94. The van der Waals surface area contributed by atoms with Crippen molar-refractivity contribution in [3.8, 4) is 16.9 Å². The van der Waals surface area contributed by atoms with E-state index in [1.54, 1.807) is 6.07 Å². The van der Waals surface area contributed by atoms with Gasteiger partial charge in [-0.1, -0.05) is 42.5 Å². The van der Waals surface area contributed by atoms with Crippen LogP contribution in [-0.2, 0) is 4.79 Å². The summed E-state index contributed by atoms with van der Waals surface area (Å²) in [6.45, 7) is 3.46. The molecule has 0 saturated heterocycles. The predicted octanol–water partition coefficient (Wildman–Crippen LogP) is 3.51. The Kier molecular flexibility index (Phi) is 3.85. The van der Waals surface area contributed by atoms with Gasteiger partial charge in [0.05, 0.1) is 0 Å². The summed E-state index contributed by atoms with van der Waals surface area (Å²) < 4.78 is 5.47. The van der Waals surface area contributed by atoms with Gasteiger partial charge in [-0.05, 0) is 36.6 Å². The first-order chi connectivity index (χ1) is 9.09. The van der Waals surface area contributed by atoms with E-state index < -0.39 is 12.1 Å². The maximum atomic E-state index is 10.8. The molecule has 3 nitrogen and oxygen atoms in total. The minimum atomic E-state index is -0.968. The molecule has 0 saturated carbocycles. The molecular weight excluding hydrogens is 240 g/mol. The standard InChI is InChI=1S/C16H16O3/c1-11-14(13-7-4-3-5-8-13)9-6-10-15(11)19-12(2)16(17)18/h3-10,12H,1-2H3,(H,17,18). The van der Waals surface area contributed by atoms with Gasteiger partial charge in [0.15, 0.2) is 6.10 Å². The molecule has 19 heavy (non-hydrogen) atoms. The summed E-state index contributed by atoms with van der Waals surface area (Å²) in [5.74, 6) is -0.360. The number of rotatable bonds is 4. The number of ether oxygens (including phenoxy) is 1. The molecular formula is C16H16O3. The van der Waals surface area contributed by atoms with Crippen molar-refractivity contribution < 1.29 is 14.6 Å². The largest absolute Gasteiger partial charge is 0.479 e. The fourth-order valence-electron chi connectivity index (χ4n) is 1.91. The van der Waals surface area contributed by atoms with E-state index in [2.05, 4.69) is 0 Å². The lowest BCUT2D eigenvalue weighted by Gasteiger charge is -2.15. The number of aliphatic carboxylic acids is 1. The second kappa shape index (κ2) is 5.57. The Balaban J connectivity index is 2.36. The Morgan fingerprint density at radius 1 is 1.11 bits per heavy atom. The Bertz CT molecular complexity index is 576. The maximum Gasteiger partial charge on any atom is 0.344 e. The lowest BCUT2D eigenvalue weighted by Crippen LogP contribution is -2.23. The third-order valence-electron chi connectivity index (χ3n) is 3.02. The summed E-state index contributed by atoms with van der Waals surface area (Å²) in [5, 5.41) is 8.90. The molecule has 1 N–H and O–H groups in total. The Morgan fingerprint density at radius 3 is 2.42 bits per heavy atom. The number of hydrogen-bond donors (Lipinski definition) is 1. The smallest absolute Gasteiger partial charge is 0.344 e. The number of carboxylic acid groups (broad SMARTS) is 1. The fraction of sp³-hybridized carbons (Fsp3) is 0.188. The van der Waals surface area contributed by atoms with Gasteiger partial charge in [0.2, 0.25) is 0 Å². The maximum absolute atomic E-state index is 10.8. The van der Waals surface area contributed by atoms with Crippen molar-refractivity contribution in [1.82, 2.24) is 0 Å². The van der Waals surface area contributed by atoms with Gasteiger partial charge in [0, 0.05) is 0 Å². The highest BCUT2D eigenvalue weighted by atomic mass is 16.5. The SMILES string of the molecule is Cc1c(OC(C)C(=O)O)cccc1-c1ccccc1. The Hall–Kier alpha value is -2.29. The van der Waals surface area contributed by atoms with Crippen LogP contribution in [0.2, 0.25) is 0 Å². The number of hydrogen-bond acceptors (Lipinski definition) is 2. The zero-order chi connectivity index (χ0) is 13.8. The summed E-state index contributed by atoms with van der Waals surface area (Å²) in [5.41, 5.74) is 3.09. The molecule has 1 unspecified atom stereocenters. The van der Waals surface area contributed by atoms with Crippen LogP contribution in [0.4, 0.5) is 0 Å². The van der Waals surface area contributed by atoms with Gasteiger partial charge in [-0.3, -0.25) is 0 Å². The topological polar surface area (TPSA) is 46.5 Å². The van der Waals surface area contributed by atoms with Crippen LogP contribution in [0.15, 0.2) is 48.5 Å². The van der Waals surface area contributed by atoms with Crippen molar-refractivity contribution in [2.24, 2.45) is 0 Å². The normalized spacial score (nSPS) is 11.9. The van der Waals surface area contributed by atoms with Crippen molar-refractivity contribution in [3.05, 3.63) is 54.1 Å². The molecule has 0 aromatic heterocycles. The van der Waals surface area contributed by atoms with Crippen molar-refractivity contribution in [2.45, 2.75) is 20.0 Å². The average Bonchev–Trinajstić information content (AvgIpc) is 2.42. The second-order valence-corrected chi connectivity index (χ2v) is 4.39. The molecule has 0 amide bonds. The summed E-state index contributed by atoms with van der Waals surface area (Å²) in [6, 6.07) is 15.6. The van der Waals surface area contributed by atoms with E-state index in [1.165, 1.54) is 6.92 Å². The van der Waals surface area contributed by atoms with E-state index in [4.69, 9.17) is 9.84 Å². The van der Waals surface area contributed by atoms with Gasteiger partial charge >= 0.3 is 5.97 Å².